The highest BCUT2D eigenvalue weighted by atomic mass is 16.4. The van der Waals surface area contributed by atoms with Gasteiger partial charge in [0.25, 0.3) is 5.91 Å². The predicted octanol–water partition coefficient (Wildman–Crippen LogP) is 0.873. The van der Waals surface area contributed by atoms with Crippen molar-refractivity contribution in [2.24, 2.45) is 5.92 Å². The third-order valence-electron chi connectivity index (χ3n) is 3.78. The molecule has 8 nitrogen and oxygen atoms in total. The zero-order valence-corrected chi connectivity index (χ0v) is 14.5. The highest BCUT2D eigenvalue weighted by Crippen LogP contribution is 2.07. The maximum atomic E-state index is 12.3. The molecule has 2 rings (SSSR count). The zero-order chi connectivity index (χ0) is 19.3. The topological polar surface area (TPSA) is 128 Å². The van der Waals surface area contributed by atoms with Crippen LogP contribution in [0.1, 0.15) is 30.6 Å². The van der Waals surface area contributed by atoms with E-state index in [2.05, 4.69) is 15.6 Å². The van der Waals surface area contributed by atoms with E-state index in [1.54, 1.807) is 24.3 Å². The van der Waals surface area contributed by atoms with Crippen LogP contribution in [0, 0.1) is 5.92 Å². The van der Waals surface area contributed by atoms with E-state index in [-0.39, 0.29) is 17.9 Å². The van der Waals surface area contributed by atoms with E-state index in [1.807, 2.05) is 13.8 Å². The molecular weight excluding hydrogens is 338 g/mol. The van der Waals surface area contributed by atoms with Gasteiger partial charge in [-0.3, -0.25) is 14.4 Å². The molecule has 1 aromatic carbocycles. The Morgan fingerprint density at radius 1 is 1.19 bits per heavy atom. The lowest BCUT2D eigenvalue weighted by Crippen LogP contribution is -2.46. The summed E-state index contributed by atoms with van der Waals surface area (Å²) in [6.07, 6.45) is 1.57. The third kappa shape index (κ3) is 4.69. The number of para-hydroxylation sites is 1. The van der Waals surface area contributed by atoms with Crippen molar-refractivity contribution in [3.63, 3.8) is 0 Å². The SMILES string of the molecule is CC(C)C[C@@H](NC(=O)CNC(=O)c1c[nH]c2ccccc2c1=O)C(=O)O. The number of fused-ring (bicyclic) bond motifs is 1. The molecule has 0 saturated heterocycles. The summed E-state index contributed by atoms with van der Waals surface area (Å²) in [6, 6.07) is 5.74. The number of carbonyl (C=O) groups is 3. The minimum atomic E-state index is -1.13. The van der Waals surface area contributed by atoms with Gasteiger partial charge in [0, 0.05) is 17.1 Å². The molecule has 4 N–H and O–H groups in total. The van der Waals surface area contributed by atoms with Crippen molar-refractivity contribution in [3.05, 3.63) is 46.2 Å². The number of rotatable bonds is 7. The van der Waals surface area contributed by atoms with Crippen molar-refractivity contribution in [3.8, 4) is 0 Å². The molecule has 0 saturated carbocycles. The number of H-pyrrole nitrogens is 1. The number of aromatic nitrogens is 1. The van der Waals surface area contributed by atoms with Crippen LogP contribution in [0.4, 0.5) is 0 Å². The van der Waals surface area contributed by atoms with Crippen LogP contribution in [0.5, 0.6) is 0 Å². The summed E-state index contributed by atoms with van der Waals surface area (Å²) in [6.45, 7) is 3.26. The molecule has 0 unspecified atom stereocenters. The van der Waals surface area contributed by atoms with Gasteiger partial charge in [-0.2, -0.15) is 0 Å². The maximum Gasteiger partial charge on any atom is 0.326 e. The van der Waals surface area contributed by atoms with E-state index in [9.17, 15) is 19.2 Å². The first-order valence-corrected chi connectivity index (χ1v) is 8.20. The molecule has 2 amide bonds. The summed E-state index contributed by atoms with van der Waals surface area (Å²) in [5, 5.41) is 14.2. The minimum Gasteiger partial charge on any atom is -0.480 e. The highest BCUT2D eigenvalue weighted by molar-refractivity contribution is 5.99. The van der Waals surface area contributed by atoms with Gasteiger partial charge in [0.2, 0.25) is 11.3 Å². The molecule has 1 heterocycles. The van der Waals surface area contributed by atoms with Crippen LogP contribution in [0.15, 0.2) is 35.3 Å². The van der Waals surface area contributed by atoms with Gasteiger partial charge in [-0.05, 0) is 24.5 Å². The lowest BCUT2D eigenvalue weighted by molar-refractivity contribution is -0.142. The van der Waals surface area contributed by atoms with E-state index in [1.165, 1.54) is 6.20 Å². The van der Waals surface area contributed by atoms with Crippen molar-refractivity contribution >= 4 is 28.7 Å². The van der Waals surface area contributed by atoms with Crippen LogP contribution in [-0.2, 0) is 9.59 Å². The molecule has 26 heavy (non-hydrogen) atoms. The van der Waals surface area contributed by atoms with Crippen LogP contribution in [0.2, 0.25) is 0 Å². The van der Waals surface area contributed by atoms with Crippen LogP contribution in [-0.4, -0.2) is 40.5 Å². The van der Waals surface area contributed by atoms with Gasteiger partial charge in [-0.15, -0.1) is 0 Å². The average Bonchev–Trinajstić information content (AvgIpc) is 2.59. The van der Waals surface area contributed by atoms with Gasteiger partial charge >= 0.3 is 5.97 Å². The van der Waals surface area contributed by atoms with E-state index in [0.29, 0.717) is 10.9 Å². The normalized spacial score (nSPS) is 12.0. The number of hydrogen-bond acceptors (Lipinski definition) is 4. The quantitative estimate of drug-likeness (QED) is 0.583. The van der Waals surface area contributed by atoms with E-state index < -0.39 is 35.8 Å². The first-order chi connectivity index (χ1) is 12.3. The number of amides is 2. The van der Waals surface area contributed by atoms with Crippen molar-refractivity contribution in [2.75, 3.05) is 6.54 Å². The van der Waals surface area contributed by atoms with Gasteiger partial charge < -0.3 is 20.7 Å². The summed E-state index contributed by atoms with van der Waals surface area (Å²) in [7, 11) is 0. The number of hydrogen-bond donors (Lipinski definition) is 4. The Hall–Kier alpha value is -3.16. The van der Waals surface area contributed by atoms with Gasteiger partial charge in [0.1, 0.15) is 11.6 Å². The van der Waals surface area contributed by atoms with Crippen LogP contribution >= 0.6 is 0 Å². The number of benzene rings is 1. The Balaban J connectivity index is 2.02. The molecule has 0 aliphatic heterocycles. The monoisotopic (exact) mass is 359 g/mol. The lowest BCUT2D eigenvalue weighted by Gasteiger charge is -2.16. The van der Waals surface area contributed by atoms with Crippen LogP contribution in [0.3, 0.4) is 0 Å². The first-order valence-electron chi connectivity index (χ1n) is 8.20. The second kappa shape index (κ2) is 8.28. The van der Waals surface area contributed by atoms with Crippen LogP contribution < -0.4 is 16.1 Å². The molecule has 8 heteroatoms. The summed E-state index contributed by atoms with van der Waals surface area (Å²) < 4.78 is 0. The molecule has 0 aliphatic rings. The average molecular weight is 359 g/mol. The number of carboxylic acids is 1. The summed E-state index contributed by atoms with van der Waals surface area (Å²) in [5.74, 6) is -2.39. The predicted molar refractivity (Wildman–Crippen MR) is 95.9 cm³/mol. The Kier molecular flexibility index (Phi) is 6.11. The van der Waals surface area contributed by atoms with Crippen LogP contribution in [0.25, 0.3) is 10.9 Å². The van der Waals surface area contributed by atoms with Crippen molar-refractivity contribution in [2.45, 2.75) is 26.3 Å². The maximum absolute atomic E-state index is 12.3. The lowest BCUT2D eigenvalue weighted by atomic mass is 10.0. The van der Waals surface area contributed by atoms with E-state index in [4.69, 9.17) is 5.11 Å². The Labute approximate surface area is 149 Å². The number of pyridine rings is 1. The Morgan fingerprint density at radius 2 is 1.88 bits per heavy atom. The molecule has 1 aromatic heterocycles. The van der Waals surface area contributed by atoms with Gasteiger partial charge in [-0.25, -0.2) is 4.79 Å². The van der Waals surface area contributed by atoms with Gasteiger partial charge in [0.15, 0.2) is 0 Å². The fourth-order valence-corrected chi connectivity index (χ4v) is 2.53. The standard InChI is InChI=1S/C18H21N3O5/c1-10(2)7-14(18(25)26)21-15(22)9-20-17(24)12-8-19-13-6-4-3-5-11(13)16(12)23/h3-6,8,10,14H,7,9H2,1-2H3,(H,19,23)(H,20,24)(H,21,22)(H,25,26)/t14-/m1/s1. The molecule has 1 atom stereocenters. The second-order valence-corrected chi connectivity index (χ2v) is 6.35. The molecule has 0 radical (unpaired) electrons. The second-order valence-electron chi connectivity index (χ2n) is 6.35. The van der Waals surface area contributed by atoms with E-state index >= 15 is 0 Å². The smallest absolute Gasteiger partial charge is 0.326 e. The largest absolute Gasteiger partial charge is 0.480 e. The Bertz CT molecular complexity index is 888. The molecule has 0 aliphatic carbocycles. The molecule has 2 aromatic rings. The molecule has 138 valence electrons. The van der Waals surface area contributed by atoms with Crippen molar-refractivity contribution in [1.29, 1.82) is 0 Å². The van der Waals surface area contributed by atoms with Gasteiger partial charge in [0.05, 0.1) is 6.54 Å². The number of aromatic amines is 1. The summed E-state index contributed by atoms with van der Waals surface area (Å²) >= 11 is 0. The number of carbonyl (C=O) groups excluding carboxylic acids is 2. The van der Waals surface area contributed by atoms with Crippen molar-refractivity contribution < 1.29 is 19.5 Å². The fraction of sp³-hybridized carbons (Fsp3) is 0.333. The first kappa shape index (κ1) is 19.2. The number of nitrogens with one attached hydrogen (secondary N) is 3. The van der Waals surface area contributed by atoms with E-state index in [0.717, 1.165) is 0 Å². The summed E-state index contributed by atoms with van der Waals surface area (Å²) in [5.41, 5.74) is 0.0405. The fourth-order valence-electron chi connectivity index (χ4n) is 2.53. The minimum absolute atomic E-state index is 0.0853. The number of aliphatic carboxylic acids is 1. The van der Waals surface area contributed by atoms with Crippen molar-refractivity contribution in [1.82, 2.24) is 15.6 Å². The third-order valence-corrected chi connectivity index (χ3v) is 3.78. The molecular formula is C18H21N3O5. The molecule has 0 bridgehead atoms. The molecule has 0 spiro atoms. The zero-order valence-electron chi connectivity index (χ0n) is 14.5. The summed E-state index contributed by atoms with van der Waals surface area (Å²) in [4.78, 5) is 50.4. The highest BCUT2D eigenvalue weighted by Gasteiger charge is 2.21. The number of carboxylic acid groups (broad SMARTS) is 1. The van der Waals surface area contributed by atoms with Gasteiger partial charge in [-0.1, -0.05) is 26.0 Å². The Morgan fingerprint density at radius 3 is 2.54 bits per heavy atom. The molecule has 0 fully saturated rings.